The van der Waals surface area contributed by atoms with Crippen molar-refractivity contribution in [3.8, 4) is 0 Å². The van der Waals surface area contributed by atoms with Gasteiger partial charge in [0, 0.05) is 13.1 Å². The van der Waals surface area contributed by atoms with Crippen LogP contribution in [0.3, 0.4) is 0 Å². The van der Waals surface area contributed by atoms with Crippen LogP contribution < -0.4 is 15.8 Å². The second-order valence-corrected chi connectivity index (χ2v) is 6.88. The van der Waals surface area contributed by atoms with Crippen LogP contribution in [-0.4, -0.2) is 39.2 Å². The fourth-order valence-corrected chi connectivity index (χ4v) is 2.06. The van der Waals surface area contributed by atoms with Gasteiger partial charge in [-0.2, -0.15) is 0 Å². The number of sulfonamides is 1. The highest BCUT2D eigenvalue weighted by molar-refractivity contribution is 7.89. The van der Waals surface area contributed by atoms with Gasteiger partial charge in [0.2, 0.25) is 15.9 Å². The summed E-state index contributed by atoms with van der Waals surface area (Å²) in [5.74, 6) is -0.465. The summed E-state index contributed by atoms with van der Waals surface area (Å²) >= 11 is 0. The first kappa shape index (κ1) is 16.3. The normalized spacial score (nSPS) is 14.4. The second kappa shape index (κ2) is 6.32. The Balaban J connectivity index is 4.11. The summed E-state index contributed by atoms with van der Waals surface area (Å²) in [5.41, 5.74) is 5.38. The molecule has 0 heterocycles. The fraction of sp³-hybridized carbons (Fsp3) is 0.900. The smallest absolute Gasteiger partial charge is 0.237 e. The molecule has 0 saturated heterocycles. The summed E-state index contributed by atoms with van der Waals surface area (Å²) < 4.78 is 24.9. The Hall–Kier alpha value is -0.660. The van der Waals surface area contributed by atoms with Gasteiger partial charge in [-0.3, -0.25) is 4.79 Å². The molecule has 0 aliphatic rings. The van der Waals surface area contributed by atoms with Gasteiger partial charge < -0.3 is 11.1 Å². The quantitative estimate of drug-likeness (QED) is 0.598. The van der Waals surface area contributed by atoms with Gasteiger partial charge >= 0.3 is 0 Å². The number of nitrogens with one attached hydrogen (secondary N) is 2. The molecule has 0 radical (unpaired) electrons. The first-order valence-electron chi connectivity index (χ1n) is 5.61. The van der Waals surface area contributed by atoms with E-state index < -0.39 is 16.1 Å². The van der Waals surface area contributed by atoms with Crippen molar-refractivity contribution in [2.45, 2.75) is 33.7 Å². The summed E-state index contributed by atoms with van der Waals surface area (Å²) in [6, 6.07) is -0.649. The van der Waals surface area contributed by atoms with Crippen LogP contribution >= 0.6 is 0 Å². The highest BCUT2D eigenvalue weighted by atomic mass is 32.2. The molecule has 0 aromatic carbocycles. The number of rotatable bonds is 6. The van der Waals surface area contributed by atoms with Crippen molar-refractivity contribution in [3.05, 3.63) is 0 Å². The third kappa shape index (κ3) is 6.60. The van der Waals surface area contributed by atoms with Gasteiger partial charge in [-0.1, -0.05) is 27.7 Å². The summed E-state index contributed by atoms with van der Waals surface area (Å²) in [7, 11) is -3.29. The Kier molecular flexibility index (Phi) is 6.08. The van der Waals surface area contributed by atoms with Crippen molar-refractivity contribution in [1.29, 1.82) is 0 Å². The largest absolute Gasteiger partial charge is 0.354 e. The minimum atomic E-state index is -3.29. The van der Waals surface area contributed by atoms with E-state index in [-0.39, 0.29) is 23.6 Å². The average molecular weight is 265 g/mol. The van der Waals surface area contributed by atoms with Crippen molar-refractivity contribution in [1.82, 2.24) is 10.0 Å². The highest BCUT2D eigenvalue weighted by Crippen LogP contribution is 2.16. The van der Waals surface area contributed by atoms with Crippen LogP contribution in [0.25, 0.3) is 0 Å². The fourth-order valence-electron chi connectivity index (χ4n) is 1.10. The van der Waals surface area contributed by atoms with Crippen LogP contribution in [0.2, 0.25) is 0 Å². The summed E-state index contributed by atoms with van der Waals surface area (Å²) in [5, 5.41) is 2.52. The zero-order valence-electron chi connectivity index (χ0n) is 10.9. The van der Waals surface area contributed by atoms with Crippen LogP contribution in [0.4, 0.5) is 0 Å². The predicted octanol–water partition coefficient (Wildman–Crippen LogP) is -0.585. The molecule has 1 amide bonds. The Morgan fingerprint density at radius 2 is 1.88 bits per heavy atom. The summed E-state index contributed by atoms with van der Waals surface area (Å²) in [4.78, 5) is 11.6. The maximum atomic E-state index is 11.6. The van der Waals surface area contributed by atoms with Crippen molar-refractivity contribution in [2.24, 2.45) is 11.1 Å². The molecule has 6 nitrogen and oxygen atoms in total. The molecule has 7 heteroatoms. The second-order valence-electron chi connectivity index (χ2n) is 4.95. The zero-order valence-corrected chi connectivity index (χ0v) is 11.7. The molecule has 0 fully saturated rings. The third-order valence-corrected chi connectivity index (χ3v) is 3.72. The maximum absolute atomic E-state index is 11.6. The van der Waals surface area contributed by atoms with Crippen molar-refractivity contribution < 1.29 is 13.2 Å². The monoisotopic (exact) mass is 265 g/mol. The standard InChI is InChI=1S/C10H23N3O3S/c1-5-13-17(15,16)7-6-12-9(14)8(11)10(2,3)4/h8,13H,5-7,11H2,1-4H3,(H,12,14). The summed E-state index contributed by atoms with van der Waals surface area (Å²) in [6.07, 6.45) is 0. The minimum Gasteiger partial charge on any atom is -0.354 e. The Bertz CT molecular complexity index is 346. The lowest BCUT2D eigenvalue weighted by molar-refractivity contribution is -0.124. The van der Waals surface area contributed by atoms with E-state index in [0.29, 0.717) is 6.54 Å². The molecule has 4 N–H and O–H groups in total. The van der Waals surface area contributed by atoms with Crippen LogP contribution in [0.5, 0.6) is 0 Å². The van der Waals surface area contributed by atoms with Crippen LogP contribution in [0.1, 0.15) is 27.7 Å². The van der Waals surface area contributed by atoms with E-state index in [9.17, 15) is 13.2 Å². The average Bonchev–Trinajstić information content (AvgIpc) is 2.14. The molecule has 102 valence electrons. The molecule has 0 aliphatic heterocycles. The molecule has 0 aliphatic carbocycles. The lowest BCUT2D eigenvalue weighted by atomic mass is 9.87. The number of amides is 1. The van der Waals surface area contributed by atoms with Gasteiger partial charge in [-0.15, -0.1) is 0 Å². The molecule has 0 bridgehead atoms. The SMILES string of the molecule is CCNS(=O)(=O)CCNC(=O)C(N)C(C)(C)C. The predicted molar refractivity (Wildman–Crippen MR) is 67.9 cm³/mol. The van der Waals surface area contributed by atoms with Gasteiger partial charge in [0.05, 0.1) is 11.8 Å². The van der Waals surface area contributed by atoms with Gasteiger partial charge in [0.1, 0.15) is 0 Å². The molecule has 1 atom stereocenters. The first-order valence-corrected chi connectivity index (χ1v) is 7.26. The van der Waals surface area contributed by atoms with E-state index >= 15 is 0 Å². The molecule has 0 aromatic rings. The van der Waals surface area contributed by atoms with Crippen LogP contribution in [-0.2, 0) is 14.8 Å². The number of hydrogen-bond donors (Lipinski definition) is 3. The Morgan fingerprint density at radius 3 is 2.29 bits per heavy atom. The topological polar surface area (TPSA) is 101 Å². The highest BCUT2D eigenvalue weighted by Gasteiger charge is 2.27. The molecular formula is C10H23N3O3S. The number of carbonyl (C=O) groups is 1. The van der Waals surface area contributed by atoms with E-state index in [4.69, 9.17) is 5.73 Å². The van der Waals surface area contributed by atoms with E-state index in [1.807, 2.05) is 20.8 Å². The Morgan fingerprint density at radius 1 is 1.35 bits per heavy atom. The lowest BCUT2D eigenvalue weighted by Crippen LogP contribution is -2.49. The van der Waals surface area contributed by atoms with E-state index in [0.717, 1.165) is 0 Å². The van der Waals surface area contributed by atoms with Gasteiger partial charge in [-0.25, -0.2) is 13.1 Å². The molecule has 0 rings (SSSR count). The van der Waals surface area contributed by atoms with Gasteiger partial charge in [0.25, 0.3) is 0 Å². The van der Waals surface area contributed by atoms with Crippen molar-refractivity contribution >= 4 is 15.9 Å². The lowest BCUT2D eigenvalue weighted by Gasteiger charge is -2.25. The number of carbonyl (C=O) groups excluding carboxylic acids is 1. The number of hydrogen-bond acceptors (Lipinski definition) is 4. The van der Waals surface area contributed by atoms with E-state index in [1.54, 1.807) is 6.92 Å². The molecule has 1 unspecified atom stereocenters. The maximum Gasteiger partial charge on any atom is 0.237 e. The molecule has 17 heavy (non-hydrogen) atoms. The first-order chi connectivity index (χ1) is 7.60. The third-order valence-electron chi connectivity index (χ3n) is 2.25. The van der Waals surface area contributed by atoms with Crippen molar-refractivity contribution in [2.75, 3.05) is 18.8 Å². The van der Waals surface area contributed by atoms with E-state index in [2.05, 4.69) is 10.0 Å². The van der Waals surface area contributed by atoms with Gasteiger partial charge in [0.15, 0.2) is 0 Å². The molecule has 0 spiro atoms. The minimum absolute atomic E-state index is 0.0674. The van der Waals surface area contributed by atoms with Gasteiger partial charge in [-0.05, 0) is 5.41 Å². The van der Waals surface area contributed by atoms with E-state index in [1.165, 1.54) is 0 Å². The van der Waals surface area contributed by atoms with Crippen molar-refractivity contribution in [3.63, 3.8) is 0 Å². The molecule has 0 aromatic heterocycles. The molecule has 0 saturated carbocycles. The van der Waals surface area contributed by atoms with Crippen LogP contribution in [0, 0.1) is 5.41 Å². The Labute approximate surface area is 103 Å². The number of nitrogens with two attached hydrogens (primary N) is 1. The summed E-state index contributed by atoms with van der Waals surface area (Å²) in [6.45, 7) is 7.67. The van der Waals surface area contributed by atoms with Crippen LogP contribution in [0.15, 0.2) is 0 Å². The molecular weight excluding hydrogens is 242 g/mol. The zero-order chi connectivity index (χ0) is 13.7.